The summed E-state index contributed by atoms with van der Waals surface area (Å²) in [7, 11) is 0. The zero-order valence-electron chi connectivity index (χ0n) is 20.3. The molecule has 1 aliphatic rings. The summed E-state index contributed by atoms with van der Waals surface area (Å²) in [5.41, 5.74) is 4.17. The lowest BCUT2D eigenvalue weighted by Crippen LogP contribution is -2.31. The third kappa shape index (κ3) is 3.94. The van der Waals surface area contributed by atoms with Crippen LogP contribution in [0.3, 0.4) is 0 Å². The maximum atomic E-state index is 13.8. The third-order valence-electron chi connectivity index (χ3n) is 6.70. The normalized spacial score (nSPS) is 14.7. The fourth-order valence-corrected chi connectivity index (χ4v) is 4.65. The van der Waals surface area contributed by atoms with E-state index in [9.17, 15) is 9.59 Å². The average molecular weight is 490 g/mol. The molecule has 1 amide bonds. The molecule has 0 N–H and O–H groups in total. The van der Waals surface area contributed by atoms with E-state index in [1.807, 2.05) is 74.5 Å². The minimum absolute atomic E-state index is 0.0163. The molecule has 3 aromatic carbocycles. The van der Waals surface area contributed by atoms with Gasteiger partial charge in [0.25, 0.3) is 5.91 Å². The molecule has 7 nitrogen and oxygen atoms in total. The SMILES string of the molecule is Cc1cc2oc3c(c(=O)c2cc1C)C(c1ccc(OCc2ccccc2)cc1)N(c1ncccn1)C3=O. The van der Waals surface area contributed by atoms with E-state index in [0.29, 0.717) is 23.3 Å². The van der Waals surface area contributed by atoms with Gasteiger partial charge in [0, 0.05) is 12.4 Å². The molecule has 1 aliphatic heterocycles. The van der Waals surface area contributed by atoms with Gasteiger partial charge in [-0.3, -0.25) is 14.5 Å². The summed E-state index contributed by atoms with van der Waals surface area (Å²) in [6, 6.07) is 21.8. The minimum Gasteiger partial charge on any atom is -0.489 e. The van der Waals surface area contributed by atoms with Crippen molar-refractivity contribution >= 4 is 22.8 Å². The molecule has 0 bridgehead atoms. The Morgan fingerprint density at radius 3 is 2.32 bits per heavy atom. The van der Waals surface area contributed by atoms with Crippen LogP contribution < -0.4 is 15.1 Å². The number of rotatable bonds is 5. The van der Waals surface area contributed by atoms with Crippen molar-refractivity contribution in [2.45, 2.75) is 26.5 Å². The highest BCUT2D eigenvalue weighted by Crippen LogP contribution is 2.40. The summed E-state index contributed by atoms with van der Waals surface area (Å²) in [6.45, 7) is 4.32. The molecule has 182 valence electrons. The Morgan fingerprint density at radius 1 is 0.892 bits per heavy atom. The Bertz CT molecular complexity index is 1680. The summed E-state index contributed by atoms with van der Waals surface area (Å²) in [5.74, 6) is 0.441. The molecule has 0 spiro atoms. The van der Waals surface area contributed by atoms with Crippen molar-refractivity contribution in [1.82, 2.24) is 9.97 Å². The number of carbonyl (C=O) groups excluding carboxylic acids is 1. The van der Waals surface area contributed by atoms with Crippen LogP contribution in [0.5, 0.6) is 5.75 Å². The molecular weight excluding hydrogens is 466 g/mol. The number of hydrogen-bond acceptors (Lipinski definition) is 6. The van der Waals surface area contributed by atoms with E-state index in [0.717, 1.165) is 22.3 Å². The number of aryl methyl sites for hydroxylation is 2. The molecule has 0 aliphatic carbocycles. The van der Waals surface area contributed by atoms with Crippen molar-refractivity contribution in [3.05, 3.63) is 129 Å². The summed E-state index contributed by atoms with van der Waals surface area (Å²) >= 11 is 0. The van der Waals surface area contributed by atoms with Crippen LogP contribution in [0, 0.1) is 13.8 Å². The predicted molar refractivity (Wildman–Crippen MR) is 140 cm³/mol. The molecular formula is C30H23N3O4. The molecule has 0 saturated carbocycles. The molecule has 0 radical (unpaired) electrons. The molecule has 2 aromatic heterocycles. The van der Waals surface area contributed by atoms with E-state index in [1.54, 1.807) is 24.5 Å². The minimum atomic E-state index is -0.740. The van der Waals surface area contributed by atoms with Gasteiger partial charge in [-0.1, -0.05) is 42.5 Å². The predicted octanol–water partition coefficient (Wildman–Crippen LogP) is 5.53. The van der Waals surface area contributed by atoms with E-state index in [4.69, 9.17) is 9.15 Å². The van der Waals surface area contributed by atoms with Crippen molar-refractivity contribution in [1.29, 1.82) is 0 Å². The number of fused-ring (bicyclic) bond motifs is 2. The Morgan fingerprint density at radius 2 is 1.59 bits per heavy atom. The first kappa shape index (κ1) is 22.7. The van der Waals surface area contributed by atoms with E-state index in [-0.39, 0.29) is 22.7 Å². The van der Waals surface area contributed by atoms with Gasteiger partial charge in [0.2, 0.25) is 11.7 Å². The number of anilines is 1. The van der Waals surface area contributed by atoms with Gasteiger partial charge >= 0.3 is 0 Å². The molecule has 6 rings (SSSR count). The highest BCUT2D eigenvalue weighted by molar-refractivity contribution is 6.09. The first-order valence-corrected chi connectivity index (χ1v) is 12.0. The highest BCUT2D eigenvalue weighted by atomic mass is 16.5. The molecule has 7 heteroatoms. The molecule has 0 fully saturated rings. The zero-order valence-corrected chi connectivity index (χ0v) is 20.3. The number of ether oxygens (including phenoxy) is 1. The maximum Gasteiger partial charge on any atom is 0.297 e. The van der Waals surface area contributed by atoms with E-state index < -0.39 is 11.9 Å². The second kappa shape index (κ2) is 9.02. The van der Waals surface area contributed by atoms with E-state index in [2.05, 4.69) is 9.97 Å². The van der Waals surface area contributed by atoms with Gasteiger partial charge in [-0.2, -0.15) is 0 Å². The van der Waals surface area contributed by atoms with Crippen LogP contribution in [0.2, 0.25) is 0 Å². The Balaban J connectivity index is 1.45. The first-order chi connectivity index (χ1) is 18.0. The van der Waals surface area contributed by atoms with Crippen LogP contribution >= 0.6 is 0 Å². The van der Waals surface area contributed by atoms with Gasteiger partial charge in [0.05, 0.1) is 17.0 Å². The van der Waals surface area contributed by atoms with Crippen LogP contribution in [-0.4, -0.2) is 15.9 Å². The maximum absolute atomic E-state index is 13.8. The standard InChI is InChI=1S/C30H23N3O4/c1-18-15-23-24(16-19(18)2)37-28-25(27(23)34)26(33(29(28)35)30-31-13-6-14-32-30)21-9-11-22(12-10-21)36-17-20-7-4-3-5-8-20/h3-16,26H,17H2,1-2H3. The number of hydrogen-bond donors (Lipinski definition) is 0. The topological polar surface area (TPSA) is 85.5 Å². The number of aromatic nitrogens is 2. The zero-order chi connectivity index (χ0) is 25.5. The van der Waals surface area contributed by atoms with E-state index in [1.165, 1.54) is 4.90 Å². The highest BCUT2D eigenvalue weighted by Gasteiger charge is 2.45. The molecule has 5 aromatic rings. The Hall–Kier alpha value is -4.78. The molecule has 3 heterocycles. The summed E-state index contributed by atoms with van der Waals surface area (Å²) in [5, 5.41) is 0.443. The van der Waals surface area contributed by atoms with Gasteiger partial charge < -0.3 is 9.15 Å². The Kier molecular flexibility index (Phi) is 5.53. The smallest absolute Gasteiger partial charge is 0.297 e. The van der Waals surface area contributed by atoms with Crippen LogP contribution in [0.25, 0.3) is 11.0 Å². The summed E-state index contributed by atoms with van der Waals surface area (Å²) in [4.78, 5) is 37.5. The quantitative estimate of drug-likeness (QED) is 0.323. The summed E-state index contributed by atoms with van der Waals surface area (Å²) < 4.78 is 12.0. The number of nitrogens with zero attached hydrogens (tertiary/aromatic N) is 3. The van der Waals surface area contributed by atoms with Crippen LogP contribution in [0.4, 0.5) is 5.95 Å². The molecule has 0 saturated heterocycles. The van der Waals surface area contributed by atoms with Crippen molar-refractivity contribution in [3.8, 4) is 5.75 Å². The largest absolute Gasteiger partial charge is 0.489 e. The Labute approximate surface area is 213 Å². The first-order valence-electron chi connectivity index (χ1n) is 12.0. The van der Waals surface area contributed by atoms with Gasteiger partial charge in [-0.25, -0.2) is 9.97 Å². The van der Waals surface area contributed by atoms with Gasteiger partial charge in [0.15, 0.2) is 5.43 Å². The van der Waals surface area contributed by atoms with Crippen LogP contribution in [-0.2, 0) is 6.61 Å². The third-order valence-corrected chi connectivity index (χ3v) is 6.70. The van der Waals surface area contributed by atoms with Crippen LogP contribution in [0.1, 0.15) is 44.4 Å². The van der Waals surface area contributed by atoms with Crippen molar-refractivity contribution in [2.24, 2.45) is 0 Å². The lowest BCUT2D eigenvalue weighted by molar-refractivity contribution is 0.0969. The van der Waals surface area contributed by atoms with Crippen molar-refractivity contribution in [2.75, 3.05) is 4.90 Å². The lowest BCUT2D eigenvalue weighted by Gasteiger charge is -2.23. The fourth-order valence-electron chi connectivity index (χ4n) is 4.65. The molecule has 37 heavy (non-hydrogen) atoms. The number of amides is 1. The van der Waals surface area contributed by atoms with Crippen molar-refractivity contribution < 1.29 is 13.9 Å². The lowest BCUT2D eigenvalue weighted by atomic mass is 9.97. The number of carbonyl (C=O) groups is 1. The second-order valence-electron chi connectivity index (χ2n) is 9.08. The average Bonchev–Trinajstić information content (AvgIpc) is 3.22. The van der Waals surface area contributed by atoms with Gasteiger partial charge in [0.1, 0.15) is 17.9 Å². The molecule has 1 unspecified atom stereocenters. The van der Waals surface area contributed by atoms with E-state index >= 15 is 0 Å². The van der Waals surface area contributed by atoms with Gasteiger partial charge in [-0.15, -0.1) is 0 Å². The monoisotopic (exact) mass is 489 g/mol. The molecule has 1 atom stereocenters. The van der Waals surface area contributed by atoms with Gasteiger partial charge in [-0.05, 0) is 66.4 Å². The number of benzene rings is 3. The fraction of sp³-hybridized carbons (Fsp3) is 0.133. The van der Waals surface area contributed by atoms with Crippen molar-refractivity contribution in [3.63, 3.8) is 0 Å². The second-order valence-corrected chi connectivity index (χ2v) is 9.08. The van der Waals surface area contributed by atoms with Crippen LogP contribution in [0.15, 0.2) is 94.4 Å². The summed E-state index contributed by atoms with van der Waals surface area (Å²) in [6.07, 6.45) is 3.13.